The summed E-state index contributed by atoms with van der Waals surface area (Å²) < 4.78 is 0. The number of carbonyl (C=O) groups excluding carboxylic acids is 1. The third-order valence-corrected chi connectivity index (χ3v) is 2.30. The van der Waals surface area contributed by atoms with E-state index in [0.29, 0.717) is 5.69 Å². The van der Waals surface area contributed by atoms with Gasteiger partial charge in [-0.05, 0) is 17.5 Å². The van der Waals surface area contributed by atoms with Crippen molar-refractivity contribution in [3.63, 3.8) is 0 Å². The van der Waals surface area contributed by atoms with E-state index in [4.69, 9.17) is 0 Å². The Morgan fingerprint density at radius 1 is 1.58 bits per heavy atom. The van der Waals surface area contributed by atoms with Crippen LogP contribution in [0.5, 0.6) is 0 Å². The van der Waals surface area contributed by atoms with E-state index in [9.17, 15) is 4.79 Å². The van der Waals surface area contributed by atoms with Gasteiger partial charge in [-0.25, -0.2) is 9.78 Å². The van der Waals surface area contributed by atoms with Crippen molar-refractivity contribution in [2.75, 3.05) is 0 Å². The van der Waals surface area contributed by atoms with E-state index in [2.05, 4.69) is 9.98 Å². The van der Waals surface area contributed by atoms with E-state index >= 15 is 0 Å². The quantitative estimate of drug-likeness (QED) is 0.494. The molecule has 0 unspecified atom stereocenters. The van der Waals surface area contributed by atoms with Gasteiger partial charge in [0.2, 0.25) is 6.08 Å². The average Bonchev–Trinajstić information content (AvgIpc) is 2.51. The third-order valence-electron chi connectivity index (χ3n) is 1.47. The molecule has 4 heteroatoms. The van der Waals surface area contributed by atoms with E-state index in [-0.39, 0.29) is 0 Å². The molecule has 3 nitrogen and oxygen atoms in total. The molecule has 0 aliphatic rings. The van der Waals surface area contributed by atoms with Gasteiger partial charge in [0, 0.05) is 5.39 Å². The van der Waals surface area contributed by atoms with Gasteiger partial charge in [-0.1, -0.05) is 0 Å². The average molecular weight is 176 g/mol. The lowest BCUT2D eigenvalue weighted by molar-refractivity contribution is 0.565. The largest absolute Gasteiger partial charge is 0.243 e. The van der Waals surface area contributed by atoms with E-state index in [0.717, 1.165) is 10.2 Å². The summed E-state index contributed by atoms with van der Waals surface area (Å²) in [7, 11) is 0. The normalized spacial score (nSPS) is 9.67. The zero-order chi connectivity index (χ0) is 8.39. The van der Waals surface area contributed by atoms with Gasteiger partial charge in [-0.3, -0.25) is 0 Å². The van der Waals surface area contributed by atoms with Gasteiger partial charge in [-0.2, -0.15) is 4.99 Å². The van der Waals surface area contributed by atoms with Crippen LogP contribution in [-0.4, -0.2) is 11.1 Å². The molecule has 2 heterocycles. The Labute approximate surface area is 72.4 Å². The van der Waals surface area contributed by atoms with Crippen molar-refractivity contribution in [1.82, 2.24) is 4.98 Å². The highest BCUT2D eigenvalue weighted by atomic mass is 32.1. The van der Waals surface area contributed by atoms with Gasteiger partial charge >= 0.3 is 0 Å². The van der Waals surface area contributed by atoms with Crippen molar-refractivity contribution < 1.29 is 4.79 Å². The molecule has 2 rings (SSSR count). The molecule has 0 saturated carbocycles. The smallest absolute Gasteiger partial charge is 0.240 e. The predicted molar refractivity (Wildman–Crippen MR) is 47.4 cm³/mol. The van der Waals surface area contributed by atoms with E-state index in [1.54, 1.807) is 17.5 Å². The first-order valence-corrected chi connectivity index (χ1v) is 4.19. The van der Waals surface area contributed by atoms with Crippen molar-refractivity contribution in [3.05, 3.63) is 23.7 Å². The molecule has 0 aliphatic heterocycles. The summed E-state index contributed by atoms with van der Waals surface area (Å²) in [5, 5.41) is 2.96. The minimum Gasteiger partial charge on any atom is -0.243 e. The maximum atomic E-state index is 9.93. The summed E-state index contributed by atoms with van der Waals surface area (Å²) in [6, 6.07) is 3.75. The molecule has 0 bridgehead atoms. The van der Waals surface area contributed by atoms with Crippen LogP contribution in [0, 0.1) is 0 Å². The fourth-order valence-electron chi connectivity index (χ4n) is 0.961. The number of aromatic nitrogens is 1. The summed E-state index contributed by atoms with van der Waals surface area (Å²) in [4.78, 5) is 18.5. The van der Waals surface area contributed by atoms with Crippen LogP contribution in [0.25, 0.3) is 10.2 Å². The third kappa shape index (κ3) is 1.13. The lowest BCUT2D eigenvalue weighted by atomic mass is 10.3. The highest BCUT2D eigenvalue weighted by molar-refractivity contribution is 7.16. The van der Waals surface area contributed by atoms with Crippen molar-refractivity contribution in [3.8, 4) is 0 Å². The number of isocyanates is 1. The molecule has 0 radical (unpaired) electrons. The van der Waals surface area contributed by atoms with Crippen molar-refractivity contribution >= 4 is 33.3 Å². The Kier molecular flexibility index (Phi) is 1.70. The number of aliphatic imine (C=N–C) groups is 1. The van der Waals surface area contributed by atoms with Crippen LogP contribution < -0.4 is 0 Å². The summed E-state index contributed by atoms with van der Waals surface area (Å²) in [6.45, 7) is 0. The molecule has 0 aromatic carbocycles. The molecule has 0 saturated heterocycles. The molecule has 0 fully saturated rings. The van der Waals surface area contributed by atoms with Gasteiger partial charge in [0.25, 0.3) is 0 Å². The first-order valence-electron chi connectivity index (χ1n) is 3.31. The molecule has 0 atom stereocenters. The fourth-order valence-corrected chi connectivity index (χ4v) is 1.68. The Balaban J connectivity index is 2.67. The molecule has 2 aromatic heterocycles. The van der Waals surface area contributed by atoms with Crippen LogP contribution in [0.1, 0.15) is 0 Å². The van der Waals surface area contributed by atoms with Crippen LogP contribution >= 0.6 is 11.3 Å². The number of hydrogen-bond acceptors (Lipinski definition) is 4. The Bertz CT molecular complexity index is 457. The van der Waals surface area contributed by atoms with Crippen molar-refractivity contribution in [2.24, 2.45) is 4.99 Å². The predicted octanol–water partition coefficient (Wildman–Crippen LogP) is 2.26. The van der Waals surface area contributed by atoms with Gasteiger partial charge in [0.1, 0.15) is 4.83 Å². The number of rotatable bonds is 1. The number of thiophene rings is 1. The number of fused-ring (bicyclic) bond motifs is 1. The SMILES string of the molecule is O=C=Nc1cnc2sccc2c1. The lowest BCUT2D eigenvalue weighted by Crippen LogP contribution is -1.70. The molecule has 0 N–H and O–H groups in total. The number of hydrogen-bond donors (Lipinski definition) is 0. The van der Waals surface area contributed by atoms with Crippen LogP contribution in [0.4, 0.5) is 5.69 Å². The van der Waals surface area contributed by atoms with Crippen molar-refractivity contribution in [1.29, 1.82) is 0 Å². The van der Waals surface area contributed by atoms with Crippen LogP contribution in [-0.2, 0) is 4.79 Å². The topological polar surface area (TPSA) is 42.3 Å². The zero-order valence-corrected chi connectivity index (χ0v) is 6.84. The van der Waals surface area contributed by atoms with Crippen LogP contribution in [0.15, 0.2) is 28.7 Å². The second-order valence-corrected chi connectivity index (χ2v) is 3.11. The van der Waals surface area contributed by atoms with Gasteiger partial charge in [-0.15, -0.1) is 11.3 Å². The van der Waals surface area contributed by atoms with E-state index in [1.807, 2.05) is 17.5 Å². The second kappa shape index (κ2) is 2.85. The molecule has 0 aliphatic carbocycles. The molecule has 12 heavy (non-hydrogen) atoms. The standard InChI is InChI=1S/C8H4N2OS/c11-5-10-7-3-6-1-2-12-8(6)9-4-7/h1-4H. The minimum absolute atomic E-state index is 0.552. The molecule has 0 amide bonds. The van der Waals surface area contributed by atoms with E-state index < -0.39 is 0 Å². The summed E-state index contributed by atoms with van der Waals surface area (Å²) in [5.74, 6) is 0. The lowest BCUT2D eigenvalue weighted by Gasteiger charge is -1.88. The molecular weight excluding hydrogens is 172 g/mol. The fraction of sp³-hybridized carbons (Fsp3) is 0. The number of nitrogens with zero attached hydrogens (tertiary/aromatic N) is 2. The van der Waals surface area contributed by atoms with Crippen LogP contribution in [0.3, 0.4) is 0 Å². The molecule has 2 aromatic rings. The zero-order valence-electron chi connectivity index (χ0n) is 6.02. The van der Waals surface area contributed by atoms with Gasteiger partial charge in [0.05, 0.1) is 11.9 Å². The highest BCUT2D eigenvalue weighted by Crippen LogP contribution is 2.22. The first kappa shape index (κ1) is 7.16. The summed E-state index contributed by atoms with van der Waals surface area (Å²) in [5.41, 5.74) is 0.552. The van der Waals surface area contributed by atoms with Crippen LogP contribution in [0.2, 0.25) is 0 Å². The molecule has 0 spiro atoms. The second-order valence-electron chi connectivity index (χ2n) is 2.21. The first-order chi connectivity index (χ1) is 5.90. The van der Waals surface area contributed by atoms with Crippen molar-refractivity contribution in [2.45, 2.75) is 0 Å². The Morgan fingerprint density at radius 3 is 3.33 bits per heavy atom. The van der Waals surface area contributed by atoms with Gasteiger partial charge in [0.15, 0.2) is 0 Å². The minimum atomic E-state index is 0.552. The maximum Gasteiger partial charge on any atom is 0.240 e. The monoisotopic (exact) mass is 176 g/mol. The van der Waals surface area contributed by atoms with Gasteiger partial charge < -0.3 is 0 Å². The summed E-state index contributed by atoms with van der Waals surface area (Å²) >= 11 is 1.56. The Hall–Kier alpha value is -1.51. The maximum absolute atomic E-state index is 9.93. The molecule has 58 valence electrons. The highest BCUT2D eigenvalue weighted by Gasteiger charge is 1.96. The number of pyridine rings is 1. The Morgan fingerprint density at radius 2 is 2.50 bits per heavy atom. The summed E-state index contributed by atoms with van der Waals surface area (Å²) in [6.07, 6.45) is 3.04. The van der Waals surface area contributed by atoms with E-state index in [1.165, 1.54) is 6.08 Å². The molecular formula is C8H4N2OS.